The number of rotatable bonds is 12. The summed E-state index contributed by atoms with van der Waals surface area (Å²) in [6.45, 7) is 2.05. The number of ether oxygens (including phenoxy) is 3. The molecule has 0 radical (unpaired) electrons. The molecule has 0 aromatic heterocycles. The molecule has 284 valence electrons. The Morgan fingerprint density at radius 1 is 0.698 bits per heavy atom. The molecule has 2 aromatic carbocycles. The minimum atomic E-state index is -5.14. The van der Waals surface area contributed by atoms with Crippen molar-refractivity contribution in [2.24, 2.45) is 0 Å². The van der Waals surface area contributed by atoms with Crippen LogP contribution in [-0.4, -0.2) is 44.7 Å². The number of halogens is 10. The van der Waals surface area contributed by atoms with Crippen molar-refractivity contribution in [3.63, 3.8) is 0 Å². The summed E-state index contributed by atoms with van der Waals surface area (Å²) in [5.41, 5.74) is -10.9. The maximum absolute atomic E-state index is 14.2. The zero-order valence-corrected chi connectivity index (χ0v) is 29.6. The molecule has 21 heteroatoms. The summed E-state index contributed by atoms with van der Waals surface area (Å²) in [5, 5.41) is 21.5. The monoisotopic (exact) mass is 832 g/mol. The van der Waals surface area contributed by atoms with Crippen LogP contribution in [0.4, 0.5) is 26.3 Å². The average molecular weight is 834 g/mol. The van der Waals surface area contributed by atoms with Crippen LogP contribution in [0.5, 0.6) is 0 Å². The van der Waals surface area contributed by atoms with Crippen LogP contribution in [-0.2, 0) is 47.2 Å². The Hall–Kier alpha value is -4.00. The molecule has 2 aliphatic carbocycles. The van der Waals surface area contributed by atoms with Crippen LogP contribution in [0.2, 0.25) is 0 Å². The number of hydrogen-bond donors (Lipinski definition) is 0. The first-order chi connectivity index (χ1) is 24.5. The number of hydrogen-bond acceptors (Lipinski definition) is 9. The molecule has 4 rings (SSSR count). The molecule has 0 fully saturated rings. The van der Waals surface area contributed by atoms with Crippen molar-refractivity contribution in [3.05, 3.63) is 137 Å². The Morgan fingerprint density at radius 3 is 1.30 bits per heavy atom. The Labute approximate surface area is 314 Å². The van der Waals surface area contributed by atoms with E-state index in [1.807, 2.05) is 0 Å². The summed E-state index contributed by atoms with van der Waals surface area (Å²) in [7, 11) is 0. The van der Waals surface area contributed by atoms with Gasteiger partial charge in [0.2, 0.25) is 10.5 Å². The summed E-state index contributed by atoms with van der Waals surface area (Å²) in [6, 6.07) is 6.79. The van der Waals surface area contributed by atoms with E-state index in [4.69, 9.17) is 60.6 Å². The molecule has 0 N–H and O–H groups in total. The van der Waals surface area contributed by atoms with Crippen LogP contribution in [0.1, 0.15) is 36.1 Å². The minimum absolute atomic E-state index is 0.563. The van der Waals surface area contributed by atoms with E-state index in [9.17, 15) is 56.2 Å². The third-order valence-corrected chi connectivity index (χ3v) is 9.56. The normalized spacial score (nSPS) is 24.5. The van der Waals surface area contributed by atoms with Gasteiger partial charge in [0.25, 0.3) is 11.1 Å². The molecule has 6 atom stereocenters. The molecule has 2 aliphatic rings. The van der Waals surface area contributed by atoms with Crippen molar-refractivity contribution in [2.75, 3.05) is 0 Å². The summed E-state index contributed by atoms with van der Waals surface area (Å²) in [6.07, 6.45) is -15.5. The highest BCUT2D eigenvalue weighted by atomic mass is 35.5. The van der Waals surface area contributed by atoms with Crippen LogP contribution in [0.25, 0.3) is 0 Å². The third-order valence-electron chi connectivity index (χ3n) is 8.18. The topological polar surface area (TPSA) is 148 Å². The molecule has 0 bridgehead atoms. The lowest BCUT2D eigenvalue weighted by Gasteiger charge is -2.37. The first-order valence-corrected chi connectivity index (χ1v) is 16.2. The largest absolute Gasteiger partial charge is 0.455 e. The number of nitrogens with zero attached hydrogens (tertiary/aromatic N) is 2. The quantitative estimate of drug-likeness (QED) is 0.0889. The van der Waals surface area contributed by atoms with Crippen LogP contribution >= 0.6 is 46.4 Å². The summed E-state index contributed by atoms with van der Waals surface area (Å²) in [4.78, 5) is 47.3. The van der Waals surface area contributed by atoms with Crippen molar-refractivity contribution in [2.45, 2.75) is 61.7 Å². The highest BCUT2D eigenvalue weighted by Gasteiger charge is 2.61. The van der Waals surface area contributed by atoms with Gasteiger partial charge >= 0.3 is 12.4 Å². The smallest absolute Gasteiger partial charge is 0.416 e. The van der Waals surface area contributed by atoms with Gasteiger partial charge in [-0.2, -0.15) is 26.3 Å². The number of alkyl halides is 6. The van der Waals surface area contributed by atoms with Crippen LogP contribution < -0.4 is 0 Å². The van der Waals surface area contributed by atoms with Crippen molar-refractivity contribution in [1.29, 1.82) is 0 Å². The lowest BCUT2D eigenvalue weighted by Crippen LogP contribution is -2.51. The second-order valence-electron chi connectivity index (χ2n) is 11.4. The lowest BCUT2D eigenvalue weighted by atomic mass is 9.78. The van der Waals surface area contributed by atoms with Crippen molar-refractivity contribution >= 4 is 56.9 Å². The van der Waals surface area contributed by atoms with E-state index in [0.29, 0.717) is 24.3 Å². The average Bonchev–Trinajstić information content (AvgIpc) is 3.07. The van der Waals surface area contributed by atoms with E-state index in [0.717, 1.165) is 62.4 Å². The van der Waals surface area contributed by atoms with E-state index in [2.05, 4.69) is 0 Å². The minimum Gasteiger partial charge on any atom is -0.455 e. The van der Waals surface area contributed by atoms with Gasteiger partial charge in [0.1, 0.15) is 23.7 Å². The second-order valence-corrected chi connectivity index (χ2v) is 12.9. The van der Waals surface area contributed by atoms with Crippen molar-refractivity contribution < 1.29 is 60.0 Å². The fourth-order valence-corrected chi connectivity index (χ4v) is 6.38. The zero-order chi connectivity index (χ0) is 39.8. The SMILES string of the molecule is CC(OC1C(Cl)=C(OC2=C(Cl)C(OC(C)C(=O)Cl)C(c3ccccc3C(F)(F)F)([N+](=O)[O-])C=C2)C=CC1(c1ccccc1C(F)(F)F)[N+](=O)[O-])C(=O)Cl. The first-order valence-electron chi connectivity index (χ1n) is 14.7. The van der Waals surface area contributed by atoms with E-state index in [1.165, 1.54) is 0 Å². The Morgan fingerprint density at radius 2 is 1.02 bits per heavy atom. The van der Waals surface area contributed by atoms with Gasteiger partial charge < -0.3 is 14.2 Å². The number of allylic oxidation sites excluding steroid dienone is 2. The van der Waals surface area contributed by atoms with E-state index >= 15 is 0 Å². The molecule has 0 aliphatic heterocycles. The zero-order valence-electron chi connectivity index (χ0n) is 26.6. The predicted molar refractivity (Wildman–Crippen MR) is 176 cm³/mol. The Kier molecular flexibility index (Phi) is 12.1. The highest BCUT2D eigenvalue weighted by molar-refractivity contribution is 6.64. The van der Waals surface area contributed by atoms with Gasteiger partial charge in [-0.1, -0.05) is 59.6 Å². The fraction of sp³-hybridized carbons (Fsp3) is 0.312. The van der Waals surface area contributed by atoms with Crippen molar-refractivity contribution in [3.8, 4) is 0 Å². The number of benzene rings is 2. The third kappa shape index (κ3) is 7.82. The van der Waals surface area contributed by atoms with Crippen LogP contribution in [0, 0.1) is 20.2 Å². The molecule has 0 spiro atoms. The van der Waals surface area contributed by atoms with Gasteiger partial charge in [0.05, 0.1) is 21.2 Å². The molecule has 6 unspecified atom stereocenters. The molecular formula is C32H22Cl4F6N2O9. The van der Waals surface area contributed by atoms with E-state index in [1.54, 1.807) is 0 Å². The lowest BCUT2D eigenvalue weighted by molar-refractivity contribution is -0.576. The van der Waals surface area contributed by atoms with E-state index in [-0.39, 0.29) is 0 Å². The fourth-order valence-electron chi connectivity index (χ4n) is 5.64. The van der Waals surface area contributed by atoms with Gasteiger partial charge in [-0.3, -0.25) is 29.8 Å². The molecular weight excluding hydrogens is 812 g/mol. The summed E-state index contributed by atoms with van der Waals surface area (Å²) < 4.78 is 102. The highest BCUT2D eigenvalue weighted by Crippen LogP contribution is 2.50. The van der Waals surface area contributed by atoms with E-state index < -0.39 is 112 Å². The number of nitro groups is 2. The van der Waals surface area contributed by atoms with Gasteiger partial charge in [-0.05, 0) is 61.3 Å². The van der Waals surface area contributed by atoms with Crippen LogP contribution in [0.3, 0.4) is 0 Å². The standard InChI is InChI=1S/C32H22Cl4F6N2O9/c1-15(27(35)45)51-25-23(33)21(11-13-29(25,43(47)48)17-7-3-5-9-19(17)31(37,38)39)53-22-12-14-30(44(49)50,26(24(22)34)52-16(2)28(36)46)18-8-4-6-10-20(18)32(40,41)42/h3-16,25-26H,1-2H3. The molecule has 11 nitrogen and oxygen atoms in total. The number of carbonyl (C=O) groups excluding carboxylic acids is 2. The predicted octanol–water partition coefficient (Wildman–Crippen LogP) is 8.50. The van der Waals surface area contributed by atoms with Crippen LogP contribution in [0.15, 0.2) is 94.4 Å². The Balaban J connectivity index is 1.95. The molecule has 0 heterocycles. The molecule has 0 saturated carbocycles. The van der Waals surface area contributed by atoms with Gasteiger partial charge in [0, 0.05) is 33.1 Å². The van der Waals surface area contributed by atoms with Gasteiger partial charge in [-0.15, -0.1) is 0 Å². The Bertz CT molecular complexity index is 1830. The summed E-state index contributed by atoms with van der Waals surface area (Å²) >= 11 is 24.2. The maximum Gasteiger partial charge on any atom is 0.416 e. The molecule has 53 heavy (non-hydrogen) atoms. The maximum atomic E-state index is 14.2. The first kappa shape index (κ1) is 41.8. The molecule has 0 saturated heterocycles. The van der Waals surface area contributed by atoms with Gasteiger partial charge in [-0.25, -0.2) is 0 Å². The van der Waals surface area contributed by atoms with Crippen molar-refractivity contribution in [1.82, 2.24) is 0 Å². The summed E-state index contributed by atoms with van der Waals surface area (Å²) in [5.74, 6) is -1.29. The molecule has 0 amide bonds. The molecule has 2 aromatic rings. The second kappa shape index (κ2) is 15.4. The number of carbonyl (C=O) groups is 2. The van der Waals surface area contributed by atoms with Gasteiger partial charge in [0.15, 0.2) is 12.2 Å².